The number of rotatable bonds is 1. The lowest BCUT2D eigenvalue weighted by Crippen LogP contribution is -2.32. The second-order valence-electron chi connectivity index (χ2n) is 6.37. The van der Waals surface area contributed by atoms with Crippen molar-refractivity contribution < 1.29 is 9.15 Å². The molecule has 28 heavy (non-hydrogen) atoms. The van der Waals surface area contributed by atoms with Gasteiger partial charge in [-0.1, -0.05) is 35.9 Å². The zero-order valence-electron chi connectivity index (χ0n) is 14.1. The van der Waals surface area contributed by atoms with Crippen LogP contribution in [0.1, 0.15) is 22.6 Å². The zero-order chi connectivity index (χ0) is 19.4. The molecule has 0 aliphatic carbocycles. The van der Waals surface area contributed by atoms with Crippen molar-refractivity contribution in [1.29, 1.82) is 0 Å². The van der Waals surface area contributed by atoms with E-state index >= 15 is 0 Å². The van der Waals surface area contributed by atoms with Gasteiger partial charge in [-0.05, 0) is 29.8 Å². The van der Waals surface area contributed by atoms with Gasteiger partial charge in [-0.2, -0.15) is 0 Å². The Morgan fingerprint density at radius 1 is 0.893 bits per heavy atom. The number of H-pyrrole nitrogens is 2. The number of ether oxygens (including phenoxy) is 1. The second kappa shape index (κ2) is 5.97. The van der Waals surface area contributed by atoms with Crippen LogP contribution in [0.5, 0.6) is 11.6 Å². The number of aromatic nitrogens is 2. The van der Waals surface area contributed by atoms with E-state index in [9.17, 15) is 14.4 Å². The molecule has 7 nitrogen and oxygen atoms in total. The minimum Gasteiger partial charge on any atom is -0.439 e. The first-order valence-corrected chi connectivity index (χ1v) is 8.76. The number of hydrogen-bond donors (Lipinski definition) is 2. The summed E-state index contributed by atoms with van der Waals surface area (Å²) < 4.78 is 11.3. The first kappa shape index (κ1) is 16.6. The standard InChI is InChI=1S/C20H11ClN2O5/c21-10-7-5-9(6-8-10)13-14-16(11-3-1-2-4-12(11)27-19(14)25)28-18-15(13)17(24)22-20(26)23-18/h1-8,13H,(H2,22,23,24,26). The minimum absolute atomic E-state index is 0.00282. The van der Waals surface area contributed by atoms with Crippen molar-refractivity contribution >= 4 is 22.6 Å². The average molecular weight is 395 g/mol. The van der Waals surface area contributed by atoms with Gasteiger partial charge in [0.15, 0.2) is 5.75 Å². The van der Waals surface area contributed by atoms with Crippen molar-refractivity contribution in [2.75, 3.05) is 0 Å². The lowest BCUT2D eigenvalue weighted by atomic mass is 9.84. The van der Waals surface area contributed by atoms with E-state index in [1.165, 1.54) is 0 Å². The molecule has 2 aromatic heterocycles. The lowest BCUT2D eigenvalue weighted by Gasteiger charge is -2.26. The molecule has 0 fully saturated rings. The third-order valence-electron chi connectivity index (χ3n) is 4.73. The van der Waals surface area contributed by atoms with Crippen molar-refractivity contribution in [1.82, 2.24) is 9.97 Å². The van der Waals surface area contributed by atoms with Crippen LogP contribution in [0, 0.1) is 0 Å². The summed E-state index contributed by atoms with van der Waals surface area (Å²) in [6.45, 7) is 0. The van der Waals surface area contributed by atoms with Crippen molar-refractivity contribution in [3.05, 3.63) is 102 Å². The highest BCUT2D eigenvalue weighted by Crippen LogP contribution is 2.45. The van der Waals surface area contributed by atoms with Gasteiger partial charge in [0, 0.05) is 5.02 Å². The topological polar surface area (TPSA) is 105 Å². The van der Waals surface area contributed by atoms with Crippen molar-refractivity contribution in [3.8, 4) is 11.6 Å². The summed E-state index contributed by atoms with van der Waals surface area (Å²) >= 11 is 5.99. The first-order chi connectivity index (χ1) is 13.5. The number of hydrogen-bond acceptors (Lipinski definition) is 5. The fourth-order valence-electron chi connectivity index (χ4n) is 3.55. The summed E-state index contributed by atoms with van der Waals surface area (Å²) in [6, 6.07) is 13.6. The monoisotopic (exact) mass is 394 g/mol. The number of benzene rings is 2. The predicted molar refractivity (Wildman–Crippen MR) is 103 cm³/mol. The number of nitrogens with one attached hydrogen (secondary N) is 2. The number of aromatic amines is 2. The van der Waals surface area contributed by atoms with Crippen LogP contribution in [-0.4, -0.2) is 9.97 Å². The number of para-hydroxylation sites is 1. The Hall–Kier alpha value is -3.58. The maximum Gasteiger partial charge on any atom is 0.344 e. The molecule has 1 aliphatic heterocycles. The third kappa shape index (κ3) is 2.40. The smallest absolute Gasteiger partial charge is 0.344 e. The molecule has 2 aromatic carbocycles. The Balaban J connectivity index is 1.93. The minimum atomic E-state index is -0.794. The van der Waals surface area contributed by atoms with Crippen LogP contribution in [0.2, 0.25) is 5.02 Å². The molecule has 1 atom stereocenters. The summed E-state index contributed by atoms with van der Waals surface area (Å²) in [5, 5.41) is 1.07. The fraction of sp³-hybridized carbons (Fsp3) is 0.0500. The molecule has 0 bridgehead atoms. The van der Waals surface area contributed by atoms with E-state index in [1.807, 2.05) is 0 Å². The van der Waals surface area contributed by atoms with Crippen LogP contribution in [0.25, 0.3) is 11.0 Å². The molecule has 0 radical (unpaired) electrons. The maximum absolute atomic E-state index is 12.9. The quantitative estimate of drug-likeness (QED) is 0.425. The highest BCUT2D eigenvalue weighted by atomic mass is 35.5. The van der Waals surface area contributed by atoms with E-state index < -0.39 is 22.8 Å². The normalized spacial score (nSPS) is 15.0. The van der Waals surface area contributed by atoms with Gasteiger partial charge >= 0.3 is 11.3 Å². The number of halogens is 1. The molecule has 8 heteroatoms. The Morgan fingerprint density at radius 3 is 2.43 bits per heavy atom. The molecule has 4 aromatic rings. The highest BCUT2D eigenvalue weighted by molar-refractivity contribution is 6.30. The third-order valence-corrected chi connectivity index (χ3v) is 4.98. The average Bonchev–Trinajstić information content (AvgIpc) is 2.67. The van der Waals surface area contributed by atoms with Gasteiger partial charge in [0.25, 0.3) is 5.56 Å². The van der Waals surface area contributed by atoms with Gasteiger partial charge in [0.1, 0.15) is 5.58 Å². The highest BCUT2D eigenvalue weighted by Gasteiger charge is 2.36. The van der Waals surface area contributed by atoms with Gasteiger partial charge in [-0.3, -0.25) is 14.8 Å². The molecule has 0 saturated heterocycles. The summed E-state index contributed by atoms with van der Waals surface area (Å²) in [5.74, 6) is -0.546. The van der Waals surface area contributed by atoms with E-state index in [2.05, 4.69) is 9.97 Å². The summed E-state index contributed by atoms with van der Waals surface area (Å²) in [6.07, 6.45) is 0. The molecular weight excluding hydrogens is 384 g/mol. The molecular formula is C20H11ClN2O5. The van der Waals surface area contributed by atoms with Crippen LogP contribution in [0.15, 0.2) is 67.3 Å². The van der Waals surface area contributed by atoms with Gasteiger partial charge in [0.2, 0.25) is 5.88 Å². The summed E-state index contributed by atoms with van der Waals surface area (Å²) in [7, 11) is 0. The molecule has 1 unspecified atom stereocenters. The van der Waals surface area contributed by atoms with E-state index in [0.717, 1.165) is 0 Å². The van der Waals surface area contributed by atoms with Crippen LogP contribution >= 0.6 is 11.6 Å². The Bertz CT molecular complexity index is 1420. The van der Waals surface area contributed by atoms with Crippen LogP contribution in [-0.2, 0) is 0 Å². The largest absolute Gasteiger partial charge is 0.439 e. The second-order valence-corrected chi connectivity index (χ2v) is 6.80. The summed E-state index contributed by atoms with van der Waals surface area (Å²) in [5.41, 5.74) is -0.675. The fourth-order valence-corrected chi connectivity index (χ4v) is 3.67. The van der Waals surface area contributed by atoms with Gasteiger partial charge < -0.3 is 9.15 Å². The van der Waals surface area contributed by atoms with Crippen LogP contribution < -0.4 is 21.6 Å². The van der Waals surface area contributed by atoms with Crippen molar-refractivity contribution in [2.24, 2.45) is 0 Å². The summed E-state index contributed by atoms with van der Waals surface area (Å²) in [4.78, 5) is 42.0. The van der Waals surface area contributed by atoms with E-state index in [0.29, 0.717) is 21.6 Å². The lowest BCUT2D eigenvalue weighted by molar-refractivity contribution is 0.418. The molecule has 138 valence electrons. The Labute approximate surface area is 161 Å². The predicted octanol–water partition coefficient (Wildman–Crippen LogP) is 3.11. The van der Waals surface area contributed by atoms with Crippen molar-refractivity contribution in [3.63, 3.8) is 0 Å². The molecule has 3 heterocycles. The van der Waals surface area contributed by atoms with Gasteiger partial charge in [-0.15, -0.1) is 0 Å². The molecule has 2 N–H and O–H groups in total. The van der Waals surface area contributed by atoms with E-state index in [-0.39, 0.29) is 22.8 Å². The Morgan fingerprint density at radius 2 is 1.64 bits per heavy atom. The van der Waals surface area contributed by atoms with E-state index in [1.54, 1.807) is 48.5 Å². The molecule has 0 spiro atoms. The molecule has 1 aliphatic rings. The van der Waals surface area contributed by atoms with Crippen LogP contribution in [0.4, 0.5) is 0 Å². The first-order valence-electron chi connectivity index (χ1n) is 8.38. The van der Waals surface area contributed by atoms with E-state index in [4.69, 9.17) is 20.8 Å². The Kier molecular flexibility index (Phi) is 3.53. The molecule has 0 saturated carbocycles. The van der Waals surface area contributed by atoms with Crippen molar-refractivity contribution in [2.45, 2.75) is 5.92 Å². The maximum atomic E-state index is 12.9. The van der Waals surface area contributed by atoms with Gasteiger partial charge in [-0.25, -0.2) is 9.59 Å². The van der Waals surface area contributed by atoms with Gasteiger partial charge in [0.05, 0.1) is 22.4 Å². The SMILES string of the molecule is O=c1[nH]c2c(c(=O)[nH]1)C(c1ccc(Cl)cc1)c1c(c3ccccc3oc1=O)O2. The number of fused-ring (bicyclic) bond motifs is 4. The van der Waals surface area contributed by atoms with Crippen LogP contribution in [0.3, 0.4) is 0 Å². The zero-order valence-corrected chi connectivity index (χ0v) is 14.9. The molecule has 5 rings (SSSR count). The molecule has 0 amide bonds.